The maximum Gasteiger partial charge on any atom is 0.419 e. The fourth-order valence-corrected chi connectivity index (χ4v) is 4.59. The number of benzene rings is 5. The number of aryl methyl sites for hydroxylation is 1. The lowest BCUT2D eigenvalue weighted by Crippen LogP contribution is -2.07. The normalized spacial score (nSPS) is 11.6. The molecule has 0 bridgehead atoms. The molecule has 0 radical (unpaired) electrons. The van der Waals surface area contributed by atoms with Gasteiger partial charge < -0.3 is 0 Å². The molecule has 0 aromatic heterocycles. The maximum absolute atomic E-state index is 15.5. The zero-order valence-electron chi connectivity index (χ0n) is 20.3. The molecule has 0 spiro atoms. The molecular weight excluding hydrogens is 491 g/mol. The molecule has 0 unspecified atom stereocenters. The van der Waals surface area contributed by atoms with Gasteiger partial charge in [-0.2, -0.15) is 13.2 Å². The van der Waals surface area contributed by atoms with E-state index in [2.05, 4.69) is 30.8 Å². The number of fused-ring (bicyclic) bond motifs is 1. The van der Waals surface area contributed by atoms with Crippen LogP contribution >= 0.6 is 0 Å². The van der Waals surface area contributed by atoms with Crippen LogP contribution < -0.4 is 0 Å². The van der Waals surface area contributed by atoms with Crippen LogP contribution in [0.2, 0.25) is 0 Å². The van der Waals surface area contributed by atoms with Gasteiger partial charge in [-0.3, -0.25) is 0 Å². The first-order chi connectivity index (χ1) is 18.2. The Balaban J connectivity index is 1.41. The second-order valence-corrected chi connectivity index (χ2v) is 9.16. The van der Waals surface area contributed by atoms with Crippen LogP contribution in [0.25, 0.3) is 44.2 Å². The van der Waals surface area contributed by atoms with Crippen LogP contribution in [-0.2, 0) is 12.6 Å². The summed E-state index contributed by atoms with van der Waals surface area (Å²) in [6, 6.07) is 27.0. The summed E-state index contributed by atoms with van der Waals surface area (Å²) in [7, 11) is 0. The van der Waals surface area contributed by atoms with Crippen molar-refractivity contribution in [3.05, 3.63) is 132 Å². The zero-order chi connectivity index (χ0) is 26.9. The average molecular weight is 515 g/mol. The highest BCUT2D eigenvalue weighted by Crippen LogP contribution is 2.35. The van der Waals surface area contributed by atoms with E-state index in [1.165, 1.54) is 11.6 Å². The lowest BCUT2D eigenvalue weighted by molar-refractivity contribution is -0.139. The SMILES string of the molecule is C=CCCc1ccc(-c2ccc3c(F)c(-c4ccc(-c5ccc(C(F)(F)F)c(F)c5)cc4)ccc3c2)cc1. The highest BCUT2D eigenvalue weighted by atomic mass is 19.4. The first-order valence-corrected chi connectivity index (χ1v) is 12.1. The molecule has 5 aromatic rings. The van der Waals surface area contributed by atoms with Gasteiger partial charge in [-0.05, 0) is 69.8 Å². The van der Waals surface area contributed by atoms with Gasteiger partial charge in [-0.15, -0.1) is 6.58 Å². The Bertz CT molecular complexity index is 1610. The van der Waals surface area contributed by atoms with Gasteiger partial charge in [0.25, 0.3) is 0 Å². The summed E-state index contributed by atoms with van der Waals surface area (Å²) >= 11 is 0. The minimum atomic E-state index is -4.75. The summed E-state index contributed by atoms with van der Waals surface area (Å²) in [5, 5.41) is 1.26. The Morgan fingerprint density at radius 2 is 1.21 bits per heavy atom. The van der Waals surface area contributed by atoms with E-state index in [9.17, 15) is 17.6 Å². The monoisotopic (exact) mass is 514 g/mol. The van der Waals surface area contributed by atoms with Gasteiger partial charge in [0.1, 0.15) is 11.6 Å². The lowest BCUT2D eigenvalue weighted by atomic mass is 9.95. The summed E-state index contributed by atoms with van der Waals surface area (Å²) in [5.74, 6) is -1.69. The minimum absolute atomic E-state index is 0.308. The van der Waals surface area contributed by atoms with Crippen LogP contribution in [0, 0.1) is 11.6 Å². The van der Waals surface area contributed by atoms with Gasteiger partial charge in [0.2, 0.25) is 0 Å². The third kappa shape index (κ3) is 5.10. The molecule has 0 amide bonds. The molecule has 0 saturated carbocycles. The van der Waals surface area contributed by atoms with Gasteiger partial charge in [0.05, 0.1) is 5.56 Å². The summed E-state index contributed by atoms with van der Waals surface area (Å²) in [5.41, 5.74) is 3.83. The van der Waals surface area contributed by atoms with Gasteiger partial charge >= 0.3 is 6.18 Å². The Kier molecular flexibility index (Phi) is 6.85. The van der Waals surface area contributed by atoms with Crippen molar-refractivity contribution >= 4 is 10.8 Å². The lowest BCUT2D eigenvalue weighted by Gasteiger charge is -2.11. The first-order valence-electron chi connectivity index (χ1n) is 12.1. The molecule has 190 valence electrons. The van der Waals surface area contributed by atoms with Crippen molar-refractivity contribution in [2.45, 2.75) is 19.0 Å². The van der Waals surface area contributed by atoms with Crippen molar-refractivity contribution in [3.63, 3.8) is 0 Å². The van der Waals surface area contributed by atoms with E-state index in [1.54, 1.807) is 36.4 Å². The van der Waals surface area contributed by atoms with E-state index in [0.717, 1.165) is 41.5 Å². The van der Waals surface area contributed by atoms with Crippen LogP contribution in [0.5, 0.6) is 0 Å². The fourth-order valence-electron chi connectivity index (χ4n) is 4.59. The average Bonchev–Trinajstić information content (AvgIpc) is 2.91. The molecule has 0 saturated heterocycles. The molecule has 0 aliphatic carbocycles. The van der Waals surface area contributed by atoms with Gasteiger partial charge in [-0.25, -0.2) is 8.78 Å². The molecule has 0 aliphatic heterocycles. The number of halogens is 5. The molecule has 0 fully saturated rings. The highest BCUT2D eigenvalue weighted by molar-refractivity contribution is 5.91. The number of rotatable bonds is 6. The van der Waals surface area contributed by atoms with Crippen LogP contribution in [0.3, 0.4) is 0 Å². The maximum atomic E-state index is 15.5. The minimum Gasteiger partial charge on any atom is -0.206 e. The summed E-state index contributed by atoms with van der Waals surface area (Å²) < 4.78 is 68.1. The number of allylic oxidation sites excluding steroid dienone is 1. The molecule has 0 aliphatic rings. The van der Waals surface area contributed by atoms with Crippen LogP contribution in [0.4, 0.5) is 22.0 Å². The number of alkyl halides is 3. The third-order valence-corrected chi connectivity index (χ3v) is 6.68. The molecule has 5 aromatic carbocycles. The molecule has 38 heavy (non-hydrogen) atoms. The van der Waals surface area contributed by atoms with E-state index < -0.39 is 17.6 Å². The predicted octanol–water partition coefficient (Wildman–Crippen LogP) is 10.3. The van der Waals surface area contributed by atoms with Gasteiger partial charge in [-0.1, -0.05) is 84.9 Å². The first kappa shape index (κ1) is 25.4. The second-order valence-electron chi connectivity index (χ2n) is 9.16. The molecule has 5 heteroatoms. The van der Waals surface area contributed by atoms with E-state index in [-0.39, 0.29) is 5.82 Å². The van der Waals surface area contributed by atoms with E-state index in [0.29, 0.717) is 27.6 Å². The predicted molar refractivity (Wildman–Crippen MR) is 144 cm³/mol. The Morgan fingerprint density at radius 3 is 1.84 bits per heavy atom. The topological polar surface area (TPSA) is 0 Å². The van der Waals surface area contributed by atoms with Crippen LogP contribution in [-0.4, -0.2) is 0 Å². The van der Waals surface area contributed by atoms with Crippen molar-refractivity contribution in [3.8, 4) is 33.4 Å². The number of hydrogen-bond donors (Lipinski definition) is 0. The summed E-state index contributed by atoms with van der Waals surface area (Å²) in [4.78, 5) is 0. The Morgan fingerprint density at radius 1 is 0.632 bits per heavy atom. The molecule has 0 heterocycles. The summed E-state index contributed by atoms with van der Waals surface area (Å²) in [6.45, 7) is 3.76. The van der Waals surface area contributed by atoms with Crippen molar-refractivity contribution in [2.75, 3.05) is 0 Å². The summed E-state index contributed by atoms with van der Waals surface area (Å²) in [6.07, 6.45) is -0.990. The molecular formula is C33H23F5. The van der Waals surface area contributed by atoms with E-state index >= 15 is 4.39 Å². The van der Waals surface area contributed by atoms with Crippen LogP contribution in [0.15, 0.2) is 110 Å². The smallest absolute Gasteiger partial charge is 0.206 e. The van der Waals surface area contributed by atoms with E-state index in [1.807, 2.05) is 24.3 Å². The molecule has 5 rings (SSSR count). The Hall–Kier alpha value is -4.25. The van der Waals surface area contributed by atoms with Crippen molar-refractivity contribution < 1.29 is 22.0 Å². The zero-order valence-corrected chi connectivity index (χ0v) is 20.3. The number of hydrogen-bond acceptors (Lipinski definition) is 0. The standard InChI is InChI=1S/C33H23F5/c1-2-3-4-21-5-7-22(8-6-21)25-13-16-29-27(19-25)14-17-28(32(29)35)24-11-9-23(10-12-24)26-15-18-30(31(34)20-26)33(36,37)38/h2,5-20H,1,3-4H2. The fraction of sp³-hybridized carbons (Fsp3) is 0.0909. The highest BCUT2D eigenvalue weighted by Gasteiger charge is 2.33. The van der Waals surface area contributed by atoms with Gasteiger partial charge in [0.15, 0.2) is 0 Å². The third-order valence-electron chi connectivity index (χ3n) is 6.68. The van der Waals surface area contributed by atoms with Crippen LogP contribution in [0.1, 0.15) is 17.5 Å². The van der Waals surface area contributed by atoms with Crippen molar-refractivity contribution in [1.82, 2.24) is 0 Å². The Labute approximate surface area is 217 Å². The van der Waals surface area contributed by atoms with Crippen molar-refractivity contribution in [1.29, 1.82) is 0 Å². The molecule has 0 nitrogen and oxygen atoms in total. The quantitative estimate of drug-likeness (QED) is 0.156. The largest absolute Gasteiger partial charge is 0.419 e. The van der Waals surface area contributed by atoms with Gasteiger partial charge in [0, 0.05) is 10.9 Å². The van der Waals surface area contributed by atoms with E-state index in [4.69, 9.17) is 0 Å². The molecule has 0 atom stereocenters. The molecule has 0 N–H and O–H groups in total. The second kappa shape index (κ2) is 10.3. The van der Waals surface area contributed by atoms with Crippen molar-refractivity contribution in [2.24, 2.45) is 0 Å².